The van der Waals surface area contributed by atoms with Gasteiger partial charge in [0.1, 0.15) is 0 Å². The van der Waals surface area contributed by atoms with Crippen LogP contribution in [0.3, 0.4) is 0 Å². The molecule has 1 fully saturated rings. The molecule has 0 saturated heterocycles. The highest BCUT2D eigenvalue weighted by molar-refractivity contribution is 5.77. The van der Waals surface area contributed by atoms with Gasteiger partial charge in [0.2, 0.25) is 5.91 Å². The molecular weight excluding hydrogens is 212 g/mol. The van der Waals surface area contributed by atoms with Crippen LogP contribution >= 0.6 is 0 Å². The Labute approximate surface area is 106 Å². The average Bonchev–Trinajstić information content (AvgIpc) is 2.29. The zero-order valence-electron chi connectivity index (χ0n) is 11.7. The van der Waals surface area contributed by atoms with Crippen LogP contribution in [0.15, 0.2) is 0 Å². The number of rotatable bonds is 5. The van der Waals surface area contributed by atoms with Gasteiger partial charge in [0.05, 0.1) is 0 Å². The molecule has 1 aliphatic rings. The average molecular weight is 240 g/mol. The Bertz CT molecular complexity index is 247. The van der Waals surface area contributed by atoms with Gasteiger partial charge in [0.15, 0.2) is 0 Å². The Morgan fingerprint density at radius 1 is 1.35 bits per heavy atom. The molecule has 1 atom stereocenters. The van der Waals surface area contributed by atoms with Crippen molar-refractivity contribution in [2.75, 3.05) is 13.6 Å². The van der Waals surface area contributed by atoms with Gasteiger partial charge in [-0.3, -0.25) is 4.79 Å². The van der Waals surface area contributed by atoms with E-state index in [0.29, 0.717) is 12.3 Å². The molecule has 0 spiro atoms. The molecule has 1 unspecified atom stereocenters. The summed E-state index contributed by atoms with van der Waals surface area (Å²) in [6.07, 6.45) is 7.30. The third-order valence-corrected chi connectivity index (χ3v) is 4.06. The molecular formula is C14H28N2O. The van der Waals surface area contributed by atoms with E-state index in [1.807, 2.05) is 11.9 Å². The molecule has 3 nitrogen and oxygen atoms in total. The second-order valence-corrected chi connectivity index (χ2v) is 5.89. The van der Waals surface area contributed by atoms with E-state index >= 15 is 0 Å². The lowest BCUT2D eigenvalue weighted by atomic mass is 9.80. The summed E-state index contributed by atoms with van der Waals surface area (Å²) in [6, 6.07) is 0. The van der Waals surface area contributed by atoms with Gasteiger partial charge < -0.3 is 10.6 Å². The third kappa shape index (κ3) is 4.66. The number of amides is 1. The van der Waals surface area contributed by atoms with Crippen LogP contribution < -0.4 is 5.73 Å². The fraction of sp³-hybridized carbons (Fsp3) is 0.929. The number of hydrogen-bond acceptors (Lipinski definition) is 2. The van der Waals surface area contributed by atoms with Crippen LogP contribution in [0.2, 0.25) is 0 Å². The smallest absolute Gasteiger partial charge is 0.224 e. The Kier molecular flexibility index (Phi) is 5.44. The van der Waals surface area contributed by atoms with E-state index in [1.54, 1.807) is 0 Å². The fourth-order valence-electron chi connectivity index (χ4n) is 2.57. The van der Waals surface area contributed by atoms with Crippen LogP contribution in [0, 0.1) is 5.92 Å². The highest BCUT2D eigenvalue weighted by Gasteiger charge is 2.31. The number of carbonyl (C=O) groups is 1. The molecule has 1 aliphatic carbocycles. The quantitative estimate of drug-likeness (QED) is 0.802. The molecule has 0 radical (unpaired) electrons. The van der Waals surface area contributed by atoms with Gasteiger partial charge in [-0.05, 0) is 18.8 Å². The maximum absolute atomic E-state index is 12.1. The largest absolute Gasteiger partial charge is 0.345 e. The number of carbonyl (C=O) groups excluding carboxylic acids is 1. The van der Waals surface area contributed by atoms with Crippen molar-refractivity contribution in [3.05, 3.63) is 0 Å². The minimum atomic E-state index is -0.223. The van der Waals surface area contributed by atoms with Crippen LogP contribution in [-0.4, -0.2) is 29.9 Å². The van der Waals surface area contributed by atoms with Crippen LogP contribution in [-0.2, 0) is 4.79 Å². The molecule has 3 heteroatoms. The van der Waals surface area contributed by atoms with Gasteiger partial charge in [-0.1, -0.05) is 39.5 Å². The van der Waals surface area contributed by atoms with E-state index < -0.39 is 0 Å². The lowest BCUT2D eigenvalue weighted by Crippen LogP contribution is -2.46. The Balaban J connectivity index is 2.41. The summed E-state index contributed by atoms with van der Waals surface area (Å²) in [5.74, 6) is 0.790. The first-order valence-corrected chi connectivity index (χ1v) is 7.00. The lowest BCUT2D eigenvalue weighted by molar-refractivity contribution is -0.132. The zero-order chi connectivity index (χ0) is 12.9. The molecule has 1 rings (SSSR count). The highest BCUT2D eigenvalue weighted by atomic mass is 16.2. The van der Waals surface area contributed by atoms with E-state index in [2.05, 4.69) is 13.8 Å². The lowest BCUT2D eigenvalue weighted by Gasteiger charge is -2.34. The molecule has 2 N–H and O–H groups in total. The Hall–Kier alpha value is -0.570. The molecule has 1 saturated carbocycles. The van der Waals surface area contributed by atoms with Gasteiger partial charge in [0.25, 0.3) is 0 Å². The van der Waals surface area contributed by atoms with E-state index in [-0.39, 0.29) is 11.4 Å². The van der Waals surface area contributed by atoms with Crippen molar-refractivity contribution in [3.8, 4) is 0 Å². The summed E-state index contributed by atoms with van der Waals surface area (Å²) >= 11 is 0. The normalized spacial score (nSPS) is 20.9. The summed E-state index contributed by atoms with van der Waals surface area (Å²) in [7, 11) is 1.90. The predicted octanol–water partition coefficient (Wildman–Crippen LogP) is 2.54. The van der Waals surface area contributed by atoms with Crippen LogP contribution in [0.5, 0.6) is 0 Å². The maximum Gasteiger partial charge on any atom is 0.224 e. The summed E-state index contributed by atoms with van der Waals surface area (Å²) in [5.41, 5.74) is 6.09. The molecule has 100 valence electrons. The van der Waals surface area contributed by atoms with Crippen LogP contribution in [0.4, 0.5) is 0 Å². The molecule has 0 aliphatic heterocycles. The molecule has 0 aromatic heterocycles. The fourth-order valence-corrected chi connectivity index (χ4v) is 2.57. The van der Waals surface area contributed by atoms with Crippen LogP contribution in [0.25, 0.3) is 0 Å². The van der Waals surface area contributed by atoms with Gasteiger partial charge in [-0.2, -0.15) is 0 Å². The predicted molar refractivity (Wildman–Crippen MR) is 71.7 cm³/mol. The van der Waals surface area contributed by atoms with Gasteiger partial charge in [0, 0.05) is 25.6 Å². The first-order valence-electron chi connectivity index (χ1n) is 7.00. The topological polar surface area (TPSA) is 46.3 Å². The van der Waals surface area contributed by atoms with Crippen molar-refractivity contribution in [1.82, 2.24) is 4.90 Å². The molecule has 0 heterocycles. The third-order valence-electron chi connectivity index (χ3n) is 4.06. The number of hydrogen-bond donors (Lipinski definition) is 1. The van der Waals surface area contributed by atoms with Crippen molar-refractivity contribution in [2.24, 2.45) is 11.7 Å². The maximum atomic E-state index is 12.1. The van der Waals surface area contributed by atoms with E-state index in [1.165, 1.54) is 19.3 Å². The van der Waals surface area contributed by atoms with Gasteiger partial charge >= 0.3 is 0 Å². The van der Waals surface area contributed by atoms with Crippen molar-refractivity contribution < 1.29 is 4.79 Å². The monoisotopic (exact) mass is 240 g/mol. The van der Waals surface area contributed by atoms with Gasteiger partial charge in [-0.15, -0.1) is 0 Å². The Morgan fingerprint density at radius 3 is 2.47 bits per heavy atom. The molecule has 0 aromatic carbocycles. The molecule has 0 aromatic rings. The van der Waals surface area contributed by atoms with E-state index in [0.717, 1.165) is 25.8 Å². The SMILES string of the molecule is CCC(C)CN(C)C(=O)CC1(N)CCCCC1. The first-order chi connectivity index (χ1) is 7.97. The highest BCUT2D eigenvalue weighted by Crippen LogP contribution is 2.29. The van der Waals surface area contributed by atoms with Crippen molar-refractivity contribution in [1.29, 1.82) is 0 Å². The summed E-state index contributed by atoms with van der Waals surface area (Å²) in [4.78, 5) is 14.0. The second-order valence-electron chi connectivity index (χ2n) is 5.89. The number of nitrogens with zero attached hydrogens (tertiary/aromatic N) is 1. The van der Waals surface area contributed by atoms with Crippen LogP contribution in [0.1, 0.15) is 58.8 Å². The number of nitrogens with two attached hydrogens (primary N) is 1. The standard InChI is InChI=1S/C14H28N2O/c1-4-12(2)11-16(3)13(17)10-14(15)8-6-5-7-9-14/h12H,4-11,15H2,1-3H3. The van der Waals surface area contributed by atoms with E-state index in [9.17, 15) is 4.79 Å². The van der Waals surface area contributed by atoms with Crippen molar-refractivity contribution in [3.63, 3.8) is 0 Å². The molecule has 1 amide bonds. The summed E-state index contributed by atoms with van der Waals surface area (Å²) in [6.45, 7) is 5.20. The minimum absolute atomic E-state index is 0.217. The summed E-state index contributed by atoms with van der Waals surface area (Å²) < 4.78 is 0. The molecule has 17 heavy (non-hydrogen) atoms. The second kappa shape index (κ2) is 6.39. The van der Waals surface area contributed by atoms with Crippen molar-refractivity contribution >= 4 is 5.91 Å². The Morgan fingerprint density at radius 2 is 1.94 bits per heavy atom. The van der Waals surface area contributed by atoms with E-state index in [4.69, 9.17) is 5.73 Å². The molecule has 0 bridgehead atoms. The zero-order valence-corrected chi connectivity index (χ0v) is 11.7. The summed E-state index contributed by atoms with van der Waals surface area (Å²) in [5, 5.41) is 0. The minimum Gasteiger partial charge on any atom is -0.345 e. The van der Waals surface area contributed by atoms with Gasteiger partial charge in [-0.25, -0.2) is 0 Å². The first kappa shape index (κ1) is 14.5. The van der Waals surface area contributed by atoms with Crippen molar-refractivity contribution in [2.45, 2.75) is 64.3 Å².